The molecule has 5 nitrogen and oxygen atoms in total. The molecule has 98 valence electrons. The SMILES string of the molecule is CC(C)C(NCc1ccc2c(c1)OCO2)C(N)=O. The van der Waals surface area contributed by atoms with Crippen LogP contribution in [0.1, 0.15) is 19.4 Å². The van der Waals surface area contributed by atoms with Gasteiger partial charge in [-0.3, -0.25) is 4.79 Å². The van der Waals surface area contributed by atoms with Crippen molar-refractivity contribution in [2.75, 3.05) is 6.79 Å². The molecule has 0 spiro atoms. The number of hydrogen-bond donors (Lipinski definition) is 2. The number of hydrogen-bond acceptors (Lipinski definition) is 4. The molecule has 1 amide bonds. The van der Waals surface area contributed by atoms with Gasteiger partial charge in [-0.25, -0.2) is 0 Å². The lowest BCUT2D eigenvalue weighted by atomic mass is 10.0. The Labute approximate surface area is 106 Å². The summed E-state index contributed by atoms with van der Waals surface area (Å²) in [5.41, 5.74) is 6.38. The Morgan fingerprint density at radius 3 is 2.78 bits per heavy atom. The molecule has 0 fully saturated rings. The topological polar surface area (TPSA) is 73.6 Å². The number of nitrogens with two attached hydrogens (primary N) is 1. The molecular formula is C13H18N2O3. The first-order valence-electron chi connectivity index (χ1n) is 5.99. The van der Waals surface area contributed by atoms with Crippen molar-refractivity contribution >= 4 is 5.91 Å². The Morgan fingerprint density at radius 2 is 2.11 bits per heavy atom. The number of ether oxygens (including phenoxy) is 2. The molecule has 0 saturated heterocycles. The van der Waals surface area contributed by atoms with Gasteiger partial charge in [0.05, 0.1) is 6.04 Å². The molecule has 0 aliphatic carbocycles. The average molecular weight is 250 g/mol. The van der Waals surface area contributed by atoms with E-state index < -0.39 is 0 Å². The maximum absolute atomic E-state index is 11.3. The van der Waals surface area contributed by atoms with E-state index in [2.05, 4.69) is 5.32 Å². The summed E-state index contributed by atoms with van der Waals surface area (Å²) in [7, 11) is 0. The molecule has 2 rings (SSSR count). The first kappa shape index (κ1) is 12.7. The number of rotatable bonds is 5. The van der Waals surface area contributed by atoms with Gasteiger partial charge in [0, 0.05) is 6.54 Å². The van der Waals surface area contributed by atoms with E-state index in [1.165, 1.54) is 0 Å². The Hall–Kier alpha value is -1.75. The van der Waals surface area contributed by atoms with Gasteiger partial charge in [0.25, 0.3) is 0 Å². The molecule has 1 unspecified atom stereocenters. The monoisotopic (exact) mass is 250 g/mol. The second kappa shape index (κ2) is 5.27. The standard InChI is InChI=1S/C13H18N2O3/c1-8(2)12(13(14)16)15-6-9-3-4-10-11(5-9)18-7-17-10/h3-5,8,12,15H,6-7H2,1-2H3,(H2,14,16). The van der Waals surface area contributed by atoms with Crippen LogP contribution in [-0.4, -0.2) is 18.7 Å². The van der Waals surface area contributed by atoms with Crippen molar-refractivity contribution in [1.29, 1.82) is 0 Å². The van der Waals surface area contributed by atoms with E-state index in [1.807, 2.05) is 32.0 Å². The van der Waals surface area contributed by atoms with Gasteiger partial charge in [0.15, 0.2) is 11.5 Å². The van der Waals surface area contributed by atoms with Crippen LogP contribution in [0.15, 0.2) is 18.2 Å². The van der Waals surface area contributed by atoms with Crippen LogP contribution < -0.4 is 20.5 Å². The van der Waals surface area contributed by atoms with E-state index in [4.69, 9.17) is 15.2 Å². The summed E-state index contributed by atoms with van der Waals surface area (Å²) in [4.78, 5) is 11.3. The molecule has 3 N–H and O–H groups in total. The Bertz CT molecular complexity index is 446. The van der Waals surface area contributed by atoms with Gasteiger partial charge >= 0.3 is 0 Å². The minimum atomic E-state index is -0.328. The first-order chi connectivity index (χ1) is 8.58. The van der Waals surface area contributed by atoms with Crippen LogP contribution in [0.5, 0.6) is 11.5 Å². The summed E-state index contributed by atoms with van der Waals surface area (Å²) in [5.74, 6) is 1.34. The fourth-order valence-corrected chi connectivity index (χ4v) is 1.94. The van der Waals surface area contributed by atoms with E-state index in [-0.39, 0.29) is 24.7 Å². The number of benzene rings is 1. The Morgan fingerprint density at radius 1 is 1.39 bits per heavy atom. The zero-order valence-electron chi connectivity index (χ0n) is 10.6. The summed E-state index contributed by atoms with van der Waals surface area (Å²) >= 11 is 0. The molecule has 1 aliphatic heterocycles. The average Bonchev–Trinajstić information content (AvgIpc) is 2.75. The molecule has 1 heterocycles. The minimum absolute atomic E-state index is 0.163. The lowest BCUT2D eigenvalue weighted by molar-refractivity contribution is -0.121. The van der Waals surface area contributed by atoms with E-state index in [0.717, 1.165) is 17.1 Å². The van der Waals surface area contributed by atoms with Gasteiger partial charge in [-0.15, -0.1) is 0 Å². The highest BCUT2D eigenvalue weighted by molar-refractivity contribution is 5.80. The highest BCUT2D eigenvalue weighted by atomic mass is 16.7. The highest BCUT2D eigenvalue weighted by Crippen LogP contribution is 2.32. The van der Waals surface area contributed by atoms with Gasteiger partial charge in [0.1, 0.15) is 0 Å². The normalized spacial score (nSPS) is 14.8. The quantitative estimate of drug-likeness (QED) is 0.818. The zero-order chi connectivity index (χ0) is 13.1. The van der Waals surface area contributed by atoms with Crippen molar-refractivity contribution in [1.82, 2.24) is 5.32 Å². The van der Waals surface area contributed by atoms with Gasteiger partial charge in [-0.05, 0) is 23.6 Å². The van der Waals surface area contributed by atoms with Crippen LogP contribution in [0.3, 0.4) is 0 Å². The van der Waals surface area contributed by atoms with Gasteiger partial charge in [-0.1, -0.05) is 19.9 Å². The van der Waals surface area contributed by atoms with Crippen molar-refractivity contribution < 1.29 is 14.3 Å². The third kappa shape index (κ3) is 2.73. The Kier molecular flexibility index (Phi) is 3.72. The lowest BCUT2D eigenvalue weighted by Crippen LogP contribution is -2.44. The predicted molar refractivity (Wildman–Crippen MR) is 67.2 cm³/mol. The van der Waals surface area contributed by atoms with Crippen molar-refractivity contribution in [2.24, 2.45) is 11.7 Å². The fourth-order valence-electron chi connectivity index (χ4n) is 1.94. The molecule has 5 heteroatoms. The highest BCUT2D eigenvalue weighted by Gasteiger charge is 2.19. The molecule has 1 aromatic rings. The number of carbonyl (C=O) groups is 1. The number of carbonyl (C=O) groups excluding carboxylic acids is 1. The van der Waals surface area contributed by atoms with E-state index in [0.29, 0.717) is 6.54 Å². The van der Waals surface area contributed by atoms with Crippen molar-refractivity contribution in [3.63, 3.8) is 0 Å². The lowest BCUT2D eigenvalue weighted by Gasteiger charge is -2.19. The van der Waals surface area contributed by atoms with Crippen molar-refractivity contribution in [2.45, 2.75) is 26.4 Å². The minimum Gasteiger partial charge on any atom is -0.454 e. The van der Waals surface area contributed by atoms with Crippen molar-refractivity contribution in [3.8, 4) is 11.5 Å². The smallest absolute Gasteiger partial charge is 0.234 e. The van der Waals surface area contributed by atoms with Crippen LogP contribution in [0.4, 0.5) is 0 Å². The van der Waals surface area contributed by atoms with Gasteiger partial charge in [0.2, 0.25) is 12.7 Å². The fraction of sp³-hybridized carbons (Fsp3) is 0.462. The van der Waals surface area contributed by atoms with Crippen LogP contribution in [-0.2, 0) is 11.3 Å². The molecular weight excluding hydrogens is 232 g/mol. The second-order valence-corrected chi connectivity index (χ2v) is 4.69. The van der Waals surface area contributed by atoms with Crippen LogP contribution in [0.25, 0.3) is 0 Å². The first-order valence-corrected chi connectivity index (χ1v) is 5.99. The number of nitrogens with one attached hydrogen (secondary N) is 1. The molecule has 0 radical (unpaired) electrons. The number of fused-ring (bicyclic) bond motifs is 1. The summed E-state index contributed by atoms with van der Waals surface area (Å²) in [6, 6.07) is 5.40. The van der Waals surface area contributed by atoms with Crippen LogP contribution in [0, 0.1) is 5.92 Å². The predicted octanol–water partition coefficient (Wildman–Crippen LogP) is 1.01. The summed E-state index contributed by atoms with van der Waals surface area (Å²) < 4.78 is 10.5. The maximum Gasteiger partial charge on any atom is 0.234 e. The van der Waals surface area contributed by atoms with Gasteiger partial charge < -0.3 is 20.5 Å². The van der Waals surface area contributed by atoms with Gasteiger partial charge in [-0.2, -0.15) is 0 Å². The second-order valence-electron chi connectivity index (χ2n) is 4.69. The third-order valence-corrected chi connectivity index (χ3v) is 2.94. The molecule has 0 saturated carbocycles. The van der Waals surface area contributed by atoms with Crippen molar-refractivity contribution in [3.05, 3.63) is 23.8 Å². The zero-order valence-corrected chi connectivity index (χ0v) is 10.6. The van der Waals surface area contributed by atoms with Crippen LogP contribution >= 0.6 is 0 Å². The molecule has 1 aromatic carbocycles. The van der Waals surface area contributed by atoms with E-state index in [9.17, 15) is 4.79 Å². The molecule has 1 aliphatic rings. The molecule has 0 bridgehead atoms. The van der Waals surface area contributed by atoms with Crippen LogP contribution in [0.2, 0.25) is 0 Å². The largest absolute Gasteiger partial charge is 0.454 e. The molecule has 18 heavy (non-hydrogen) atoms. The summed E-state index contributed by atoms with van der Waals surface area (Å²) in [6.45, 7) is 4.76. The number of amides is 1. The maximum atomic E-state index is 11.3. The summed E-state index contributed by atoms with van der Waals surface area (Å²) in [6.07, 6.45) is 0. The number of primary amides is 1. The van der Waals surface area contributed by atoms with E-state index in [1.54, 1.807) is 0 Å². The summed E-state index contributed by atoms with van der Waals surface area (Å²) in [5, 5.41) is 3.16. The van der Waals surface area contributed by atoms with E-state index >= 15 is 0 Å². The molecule has 0 aromatic heterocycles. The Balaban J connectivity index is 1.99. The molecule has 1 atom stereocenters. The third-order valence-electron chi connectivity index (χ3n) is 2.94.